The van der Waals surface area contributed by atoms with Crippen molar-refractivity contribution in [1.82, 2.24) is 0 Å². The summed E-state index contributed by atoms with van der Waals surface area (Å²) < 4.78 is 11.1. The highest BCUT2D eigenvalue weighted by Gasteiger charge is 2.13. The van der Waals surface area contributed by atoms with E-state index in [2.05, 4.69) is 10.0 Å². The molecule has 1 atom stereocenters. The van der Waals surface area contributed by atoms with Gasteiger partial charge in [0, 0.05) is 11.5 Å². The van der Waals surface area contributed by atoms with Gasteiger partial charge in [-0.05, 0) is 49.9 Å². The van der Waals surface area contributed by atoms with Gasteiger partial charge >= 0.3 is 0 Å². The van der Waals surface area contributed by atoms with E-state index in [4.69, 9.17) is 20.1 Å². The Bertz CT molecular complexity index is 473. The number of hydrogen-bond donors (Lipinski definition) is 1. The molecule has 1 rings (SSSR count). The van der Waals surface area contributed by atoms with Crippen molar-refractivity contribution in [3.8, 4) is 11.5 Å². The van der Waals surface area contributed by atoms with Crippen LogP contribution in [0.15, 0.2) is 23.3 Å². The van der Waals surface area contributed by atoms with E-state index in [0.29, 0.717) is 37.6 Å². The summed E-state index contributed by atoms with van der Waals surface area (Å²) in [6.45, 7) is 5.09. The summed E-state index contributed by atoms with van der Waals surface area (Å²) in [5.74, 6) is 1.36. The van der Waals surface area contributed by atoms with Crippen molar-refractivity contribution >= 4 is 0 Å². The lowest BCUT2D eigenvalue weighted by atomic mass is 10.0. The molecule has 0 bridgehead atoms. The van der Waals surface area contributed by atoms with E-state index >= 15 is 0 Å². The maximum absolute atomic E-state index is 8.85. The van der Waals surface area contributed by atoms with Crippen LogP contribution in [0.4, 0.5) is 0 Å². The predicted octanol–water partition coefficient (Wildman–Crippen LogP) is 4.00. The molecule has 0 aliphatic carbocycles. The number of azide groups is 1. The molecule has 0 aromatic heterocycles. The molecule has 6 heteroatoms. The number of rotatable bonds is 10. The predicted molar refractivity (Wildman–Crippen MR) is 81.6 cm³/mol. The molecule has 1 unspecified atom stereocenters. The smallest absolute Gasteiger partial charge is 0.161 e. The van der Waals surface area contributed by atoms with Gasteiger partial charge in [0.1, 0.15) is 0 Å². The topological polar surface area (TPSA) is 87.5 Å². The Labute approximate surface area is 125 Å². The van der Waals surface area contributed by atoms with E-state index < -0.39 is 0 Å². The zero-order chi connectivity index (χ0) is 15.5. The normalized spacial score (nSPS) is 11.6. The van der Waals surface area contributed by atoms with Crippen LogP contribution in [0.3, 0.4) is 0 Å². The SMILES string of the molecule is CCOc1ccc(C(CCCCO)N=[N+]=[N-])cc1OCC. The summed E-state index contributed by atoms with van der Waals surface area (Å²) >= 11 is 0. The van der Waals surface area contributed by atoms with Crippen molar-refractivity contribution in [2.24, 2.45) is 5.11 Å². The Morgan fingerprint density at radius 3 is 2.52 bits per heavy atom. The van der Waals surface area contributed by atoms with Crippen molar-refractivity contribution in [3.05, 3.63) is 34.2 Å². The summed E-state index contributed by atoms with van der Waals surface area (Å²) in [4.78, 5) is 2.92. The molecule has 0 saturated carbocycles. The molecule has 0 aliphatic heterocycles. The van der Waals surface area contributed by atoms with Crippen LogP contribution in [0.2, 0.25) is 0 Å². The zero-order valence-electron chi connectivity index (χ0n) is 12.7. The third kappa shape index (κ3) is 5.53. The lowest BCUT2D eigenvalue weighted by Crippen LogP contribution is -2.01. The molecular formula is C15H23N3O3. The van der Waals surface area contributed by atoms with Crippen molar-refractivity contribution in [2.75, 3.05) is 19.8 Å². The van der Waals surface area contributed by atoms with Gasteiger partial charge in [0.05, 0.1) is 19.3 Å². The first kappa shape index (κ1) is 17.1. The molecule has 116 valence electrons. The van der Waals surface area contributed by atoms with Crippen LogP contribution >= 0.6 is 0 Å². The number of benzene rings is 1. The van der Waals surface area contributed by atoms with Gasteiger partial charge in [-0.1, -0.05) is 17.6 Å². The maximum Gasteiger partial charge on any atom is 0.161 e. The Hall–Kier alpha value is -1.91. The first-order valence-corrected chi connectivity index (χ1v) is 7.31. The standard InChI is InChI=1S/C15H23N3O3/c1-3-20-14-9-8-12(11-15(14)21-4-2)13(17-18-16)7-5-6-10-19/h8-9,11,13,19H,3-7,10H2,1-2H3. The molecule has 0 aliphatic rings. The van der Waals surface area contributed by atoms with E-state index in [0.717, 1.165) is 12.0 Å². The van der Waals surface area contributed by atoms with Crippen LogP contribution < -0.4 is 9.47 Å². The van der Waals surface area contributed by atoms with Crippen LogP contribution in [-0.2, 0) is 0 Å². The van der Waals surface area contributed by atoms with Gasteiger partial charge in [-0.3, -0.25) is 0 Å². The highest BCUT2D eigenvalue weighted by Crippen LogP contribution is 2.33. The van der Waals surface area contributed by atoms with Crippen molar-refractivity contribution in [2.45, 2.75) is 39.2 Å². The summed E-state index contributed by atoms with van der Waals surface area (Å²) in [7, 11) is 0. The Balaban J connectivity index is 2.96. The Kier molecular flexibility index (Phi) is 8.09. The first-order valence-electron chi connectivity index (χ1n) is 7.31. The van der Waals surface area contributed by atoms with Crippen LogP contribution in [-0.4, -0.2) is 24.9 Å². The van der Waals surface area contributed by atoms with Crippen molar-refractivity contribution < 1.29 is 14.6 Å². The first-order chi connectivity index (χ1) is 10.3. The molecule has 0 saturated heterocycles. The lowest BCUT2D eigenvalue weighted by Gasteiger charge is -2.16. The van der Waals surface area contributed by atoms with Gasteiger partial charge in [0.2, 0.25) is 0 Å². The molecule has 1 aromatic rings. The van der Waals surface area contributed by atoms with Gasteiger partial charge < -0.3 is 14.6 Å². The molecule has 0 fully saturated rings. The summed E-state index contributed by atoms with van der Waals surface area (Å²) in [5, 5.41) is 12.7. The van der Waals surface area contributed by atoms with Gasteiger partial charge in [0.15, 0.2) is 11.5 Å². The average molecular weight is 293 g/mol. The number of hydrogen-bond acceptors (Lipinski definition) is 4. The van der Waals surface area contributed by atoms with Crippen molar-refractivity contribution in [1.29, 1.82) is 0 Å². The number of aliphatic hydroxyl groups excluding tert-OH is 1. The van der Waals surface area contributed by atoms with Gasteiger partial charge in [-0.25, -0.2) is 0 Å². The van der Waals surface area contributed by atoms with Gasteiger partial charge in [0.25, 0.3) is 0 Å². The van der Waals surface area contributed by atoms with Gasteiger partial charge in [-0.2, -0.15) is 0 Å². The number of ether oxygens (including phenoxy) is 2. The van der Waals surface area contributed by atoms with Crippen LogP contribution in [0.25, 0.3) is 10.4 Å². The minimum absolute atomic E-state index is 0.149. The second-order valence-corrected chi connectivity index (χ2v) is 4.51. The maximum atomic E-state index is 8.85. The molecular weight excluding hydrogens is 270 g/mol. The summed E-state index contributed by atoms with van der Waals surface area (Å²) in [5.41, 5.74) is 9.62. The fourth-order valence-corrected chi connectivity index (χ4v) is 2.08. The molecule has 6 nitrogen and oxygen atoms in total. The molecule has 0 spiro atoms. The average Bonchev–Trinajstić information content (AvgIpc) is 2.49. The molecule has 21 heavy (non-hydrogen) atoms. The second kappa shape index (κ2) is 9.91. The third-order valence-corrected chi connectivity index (χ3v) is 3.03. The largest absolute Gasteiger partial charge is 0.490 e. The fourth-order valence-electron chi connectivity index (χ4n) is 2.08. The molecule has 0 radical (unpaired) electrons. The monoisotopic (exact) mass is 293 g/mol. The molecule has 1 N–H and O–H groups in total. The van der Waals surface area contributed by atoms with E-state index in [1.807, 2.05) is 32.0 Å². The second-order valence-electron chi connectivity index (χ2n) is 4.51. The Morgan fingerprint density at radius 1 is 1.19 bits per heavy atom. The fraction of sp³-hybridized carbons (Fsp3) is 0.600. The van der Waals surface area contributed by atoms with Gasteiger partial charge in [-0.15, -0.1) is 0 Å². The van der Waals surface area contributed by atoms with E-state index in [-0.39, 0.29) is 12.6 Å². The molecule has 1 aromatic carbocycles. The third-order valence-electron chi connectivity index (χ3n) is 3.03. The van der Waals surface area contributed by atoms with E-state index in [1.165, 1.54) is 0 Å². The minimum atomic E-state index is -0.253. The summed E-state index contributed by atoms with van der Waals surface area (Å²) in [6, 6.07) is 5.35. The Morgan fingerprint density at radius 2 is 1.90 bits per heavy atom. The molecule has 0 amide bonds. The van der Waals surface area contributed by atoms with Crippen LogP contribution in [0, 0.1) is 0 Å². The number of aliphatic hydroxyl groups is 1. The van der Waals surface area contributed by atoms with Crippen molar-refractivity contribution in [3.63, 3.8) is 0 Å². The molecule has 0 heterocycles. The van der Waals surface area contributed by atoms with E-state index in [9.17, 15) is 0 Å². The zero-order valence-corrected chi connectivity index (χ0v) is 12.7. The number of nitrogens with zero attached hydrogens (tertiary/aromatic N) is 3. The quantitative estimate of drug-likeness (QED) is 0.306. The lowest BCUT2D eigenvalue weighted by molar-refractivity contribution is 0.281. The van der Waals surface area contributed by atoms with Crippen LogP contribution in [0.1, 0.15) is 44.7 Å². The summed E-state index contributed by atoms with van der Waals surface area (Å²) in [6.07, 6.45) is 2.20. The highest BCUT2D eigenvalue weighted by atomic mass is 16.5. The number of unbranched alkanes of at least 4 members (excludes halogenated alkanes) is 1. The van der Waals surface area contributed by atoms with E-state index in [1.54, 1.807) is 0 Å². The minimum Gasteiger partial charge on any atom is -0.490 e. The highest BCUT2D eigenvalue weighted by molar-refractivity contribution is 5.44. The van der Waals surface area contributed by atoms with Crippen LogP contribution in [0.5, 0.6) is 11.5 Å².